The van der Waals surface area contributed by atoms with Crippen molar-refractivity contribution in [3.8, 4) is 0 Å². The summed E-state index contributed by atoms with van der Waals surface area (Å²) >= 11 is 0. The van der Waals surface area contributed by atoms with Crippen LogP contribution in [-0.2, 0) is 14.3 Å². The number of rotatable bonds is 5. The van der Waals surface area contributed by atoms with Gasteiger partial charge >= 0.3 is 5.97 Å². The summed E-state index contributed by atoms with van der Waals surface area (Å²) in [5, 5.41) is 0. The van der Waals surface area contributed by atoms with Gasteiger partial charge in [0, 0.05) is 18.5 Å². The fraction of sp³-hybridized carbons (Fsp3) is 0.929. The Morgan fingerprint density at radius 2 is 2.06 bits per heavy atom. The smallest absolute Gasteiger partial charge is 0.309 e. The van der Waals surface area contributed by atoms with E-state index in [0.29, 0.717) is 19.3 Å². The van der Waals surface area contributed by atoms with Gasteiger partial charge in [-0.25, -0.2) is 0 Å². The molecule has 0 amide bonds. The lowest BCUT2D eigenvalue weighted by Gasteiger charge is -2.29. The van der Waals surface area contributed by atoms with Crippen LogP contribution in [0.2, 0.25) is 0 Å². The molecule has 1 heterocycles. The molecule has 0 aromatic rings. The van der Waals surface area contributed by atoms with E-state index in [4.69, 9.17) is 9.47 Å². The quantitative estimate of drug-likeness (QED) is 0.701. The van der Waals surface area contributed by atoms with E-state index < -0.39 is 0 Å². The number of nitrogens with zero attached hydrogens (tertiary/aromatic N) is 1. The van der Waals surface area contributed by atoms with Gasteiger partial charge in [0.1, 0.15) is 0 Å². The molecule has 0 radical (unpaired) electrons. The molecule has 18 heavy (non-hydrogen) atoms. The van der Waals surface area contributed by atoms with E-state index in [0.717, 1.165) is 32.4 Å². The molecule has 2 atom stereocenters. The maximum Gasteiger partial charge on any atom is 0.309 e. The Labute approximate surface area is 110 Å². The Kier molecular flexibility index (Phi) is 4.28. The van der Waals surface area contributed by atoms with Crippen LogP contribution in [0, 0.1) is 11.3 Å². The fourth-order valence-corrected chi connectivity index (χ4v) is 2.64. The van der Waals surface area contributed by atoms with Gasteiger partial charge in [-0.3, -0.25) is 4.79 Å². The average molecular weight is 255 g/mol. The minimum atomic E-state index is -0.0491. The standard InChI is InChI=1S/C14H25NO3/c1-4-17-13(16)12-9-14(12,2)10-18-11-5-7-15(3)8-6-11/h11-12H,4-10H2,1-3H3. The zero-order valence-electron chi connectivity index (χ0n) is 11.8. The molecule has 4 heteroatoms. The monoisotopic (exact) mass is 255 g/mol. The zero-order chi connectivity index (χ0) is 13.2. The molecule has 2 fully saturated rings. The number of carbonyl (C=O) groups excluding carboxylic acids is 1. The number of esters is 1. The molecule has 1 saturated carbocycles. The van der Waals surface area contributed by atoms with E-state index >= 15 is 0 Å². The normalized spacial score (nSPS) is 33.4. The minimum Gasteiger partial charge on any atom is -0.466 e. The van der Waals surface area contributed by atoms with Gasteiger partial charge in [0.05, 0.1) is 25.2 Å². The van der Waals surface area contributed by atoms with Crippen molar-refractivity contribution < 1.29 is 14.3 Å². The van der Waals surface area contributed by atoms with E-state index in [-0.39, 0.29) is 17.3 Å². The Bertz CT molecular complexity index is 299. The van der Waals surface area contributed by atoms with Crippen LogP contribution in [0.3, 0.4) is 0 Å². The Morgan fingerprint density at radius 3 is 2.67 bits per heavy atom. The topological polar surface area (TPSA) is 38.8 Å². The first-order valence-corrected chi connectivity index (χ1v) is 7.02. The summed E-state index contributed by atoms with van der Waals surface area (Å²) in [6, 6.07) is 0. The summed E-state index contributed by atoms with van der Waals surface area (Å²) in [7, 11) is 2.15. The van der Waals surface area contributed by atoms with E-state index in [1.807, 2.05) is 6.92 Å². The minimum absolute atomic E-state index is 0.0234. The number of ether oxygens (including phenoxy) is 2. The lowest BCUT2D eigenvalue weighted by Crippen LogP contribution is -2.35. The predicted octanol–water partition coefficient (Wildman–Crippen LogP) is 1.69. The van der Waals surface area contributed by atoms with Crippen molar-refractivity contribution in [2.75, 3.05) is 33.4 Å². The Hall–Kier alpha value is -0.610. The largest absolute Gasteiger partial charge is 0.466 e. The highest BCUT2D eigenvalue weighted by molar-refractivity contribution is 5.76. The van der Waals surface area contributed by atoms with Crippen LogP contribution < -0.4 is 0 Å². The molecular formula is C14H25NO3. The van der Waals surface area contributed by atoms with Gasteiger partial charge in [-0.15, -0.1) is 0 Å². The SMILES string of the molecule is CCOC(=O)C1CC1(C)COC1CCN(C)CC1. The zero-order valence-corrected chi connectivity index (χ0v) is 11.8. The first-order chi connectivity index (χ1) is 8.55. The Balaban J connectivity index is 1.70. The van der Waals surface area contributed by atoms with Crippen molar-refractivity contribution in [3.63, 3.8) is 0 Å². The molecule has 104 valence electrons. The van der Waals surface area contributed by atoms with Crippen LogP contribution in [0.4, 0.5) is 0 Å². The van der Waals surface area contributed by atoms with Crippen molar-refractivity contribution in [2.45, 2.75) is 39.2 Å². The summed E-state index contributed by atoms with van der Waals surface area (Å²) < 4.78 is 11.0. The molecule has 2 aliphatic rings. The van der Waals surface area contributed by atoms with Gasteiger partial charge in [-0.2, -0.15) is 0 Å². The van der Waals surface area contributed by atoms with Gasteiger partial charge in [-0.1, -0.05) is 6.92 Å². The van der Waals surface area contributed by atoms with Crippen LogP contribution in [0.15, 0.2) is 0 Å². The third-order valence-electron chi connectivity index (χ3n) is 4.24. The summed E-state index contributed by atoms with van der Waals surface area (Å²) in [5.41, 5.74) is 0.0234. The van der Waals surface area contributed by atoms with Gasteiger partial charge < -0.3 is 14.4 Å². The third kappa shape index (κ3) is 3.23. The van der Waals surface area contributed by atoms with Crippen LogP contribution in [0.1, 0.15) is 33.1 Å². The molecular weight excluding hydrogens is 230 g/mol. The first kappa shape index (κ1) is 13.8. The molecule has 0 N–H and O–H groups in total. The van der Waals surface area contributed by atoms with Crippen molar-refractivity contribution in [1.82, 2.24) is 4.90 Å². The van der Waals surface area contributed by atoms with E-state index in [1.165, 1.54) is 0 Å². The molecule has 0 spiro atoms. The van der Waals surface area contributed by atoms with Gasteiger partial charge in [0.2, 0.25) is 0 Å². The number of piperidine rings is 1. The van der Waals surface area contributed by atoms with Crippen molar-refractivity contribution in [2.24, 2.45) is 11.3 Å². The average Bonchev–Trinajstić information content (AvgIpc) is 3.02. The highest BCUT2D eigenvalue weighted by atomic mass is 16.5. The van der Waals surface area contributed by atoms with Gasteiger partial charge in [0.25, 0.3) is 0 Å². The molecule has 0 aromatic carbocycles. The summed E-state index contributed by atoms with van der Waals surface area (Å²) in [6.07, 6.45) is 3.51. The van der Waals surface area contributed by atoms with Crippen LogP contribution >= 0.6 is 0 Å². The molecule has 2 rings (SSSR count). The summed E-state index contributed by atoms with van der Waals surface area (Å²) in [5.74, 6) is 0.00990. The first-order valence-electron chi connectivity index (χ1n) is 7.02. The second-order valence-corrected chi connectivity index (χ2v) is 5.98. The maximum absolute atomic E-state index is 11.6. The highest BCUT2D eigenvalue weighted by Gasteiger charge is 2.55. The highest BCUT2D eigenvalue weighted by Crippen LogP contribution is 2.53. The van der Waals surface area contributed by atoms with Crippen molar-refractivity contribution >= 4 is 5.97 Å². The van der Waals surface area contributed by atoms with E-state index in [2.05, 4.69) is 18.9 Å². The lowest BCUT2D eigenvalue weighted by molar-refractivity contribution is -0.146. The third-order valence-corrected chi connectivity index (χ3v) is 4.24. The second-order valence-electron chi connectivity index (χ2n) is 5.98. The molecule has 2 unspecified atom stereocenters. The Morgan fingerprint density at radius 1 is 1.39 bits per heavy atom. The molecule has 0 bridgehead atoms. The number of carbonyl (C=O) groups is 1. The lowest BCUT2D eigenvalue weighted by atomic mass is 10.1. The summed E-state index contributed by atoms with van der Waals surface area (Å²) in [4.78, 5) is 14.0. The van der Waals surface area contributed by atoms with Crippen LogP contribution in [0.25, 0.3) is 0 Å². The maximum atomic E-state index is 11.6. The molecule has 0 aromatic heterocycles. The van der Waals surface area contributed by atoms with E-state index in [1.54, 1.807) is 0 Å². The van der Waals surface area contributed by atoms with Crippen LogP contribution in [-0.4, -0.2) is 50.3 Å². The second kappa shape index (κ2) is 5.57. The van der Waals surface area contributed by atoms with Crippen LogP contribution in [0.5, 0.6) is 0 Å². The molecule has 4 nitrogen and oxygen atoms in total. The van der Waals surface area contributed by atoms with Gasteiger partial charge in [0.15, 0.2) is 0 Å². The number of likely N-dealkylation sites (tertiary alicyclic amines) is 1. The molecule has 1 saturated heterocycles. The van der Waals surface area contributed by atoms with E-state index in [9.17, 15) is 4.79 Å². The fourth-order valence-electron chi connectivity index (χ4n) is 2.64. The number of hydrogen-bond acceptors (Lipinski definition) is 4. The van der Waals surface area contributed by atoms with Crippen molar-refractivity contribution in [1.29, 1.82) is 0 Å². The molecule has 1 aliphatic heterocycles. The predicted molar refractivity (Wildman–Crippen MR) is 69.3 cm³/mol. The summed E-state index contributed by atoms with van der Waals surface area (Å²) in [6.45, 7) is 7.38. The number of hydrogen-bond donors (Lipinski definition) is 0. The molecule has 1 aliphatic carbocycles. The van der Waals surface area contributed by atoms with Gasteiger partial charge in [-0.05, 0) is 33.2 Å². The van der Waals surface area contributed by atoms with Crippen molar-refractivity contribution in [3.05, 3.63) is 0 Å².